The standard InChI is InChI=1S/C14H12ClN3O3/c1-9-2-4-11(7-12(9)15)17-16-8-10-3-5-14(19)13(6-10)18(20)21/h2-8,17,19H,1H3/b16-8-. The van der Waals surface area contributed by atoms with E-state index in [4.69, 9.17) is 11.6 Å². The third-order valence-corrected chi connectivity index (χ3v) is 3.18. The second-order valence-corrected chi connectivity index (χ2v) is 4.75. The monoisotopic (exact) mass is 305 g/mol. The maximum Gasteiger partial charge on any atom is 0.311 e. The summed E-state index contributed by atoms with van der Waals surface area (Å²) in [4.78, 5) is 10.1. The molecular weight excluding hydrogens is 294 g/mol. The van der Waals surface area contributed by atoms with Crippen LogP contribution in [0.3, 0.4) is 0 Å². The lowest BCUT2D eigenvalue weighted by Crippen LogP contribution is -1.93. The van der Waals surface area contributed by atoms with E-state index < -0.39 is 4.92 Å². The number of hydrazone groups is 1. The summed E-state index contributed by atoms with van der Waals surface area (Å²) in [6.45, 7) is 1.89. The second kappa shape index (κ2) is 6.23. The van der Waals surface area contributed by atoms with Gasteiger partial charge in [-0.3, -0.25) is 15.5 Å². The molecule has 0 aromatic heterocycles. The molecule has 0 aliphatic heterocycles. The number of nitro groups is 1. The Hall–Kier alpha value is -2.60. The molecule has 2 N–H and O–H groups in total. The first kappa shape index (κ1) is 14.8. The fraction of sp³-hybridized carbons (Fsp3) is 0.0714. The van der Waals surface area contributed by atoms with E-state index in [1.54, 1.807) is 6.07 Å². The maximum absolute atomic E-state index is 10.7. The van der Waals surface area contributed by atoms with Crippen molar-refractivity contribution in [2.24, 2.45) is 5.10 Å². The zero-order valence-electron chi connectivity index (χ0n) is 11.1. The molecule has 0 saturated heterocycles. The smallest absolute Gasteiger partial charge is 0.311 e. The Morgan fingerprint density at radius 2 is 2.10 bits per heavy atom. The molecule has 21 heavy (non-hydrogen) atoms. The third kappa shape index (κ3) is 3.70. The van der Waals surface area contributed by atoms with Gasteiger partial charge in [-0.05, 0) is 36.8 Å². The van der Waals surface area contributed by atoms with Gasteiger partial charge in [-0.1, -0.05) is 17.7 Å². The molecule has 0 heterocycles. The van der Waals surface area contributed by atoms with Gasteiger partial charge in [-0.15, -0.1) is 0 Å². The van der Waals surface area contributed by atoms with E-state index in [0.717, 1.165) is 5.56 Å². The number of nitro benzene ring substituents is 1. The van der Waals surface area contributed by atoms with E-state index in [0.29, 0.717) is 16.3 Å². The molecule has 2 aromatic rings. The largest absolute Gasteiger partial charge is 0.502 e. The molecule has 0 saturated carbocycles. The quantitative estimate of drug-likeness (QED) is 0.512. The van der Waals surface area contributed by atoms with Crippen LogP contribution in [0, 0.1) is 17.0 Å². The van der Waals surface area contributed by atoms with Crippen LogP contribution in [0.15, 0.2) is 41.5 Å². The first-order valence-corrected chi connectivity index (χ1v) is 6.38. The summed E-state index contributed by atoms with van der Waals surface area (Å²) in [5.74, 6) is -0.379. The van der Waals surface area contributed by atoms with Gasteiger partial charge >= 0.3 is 5.69 Å². The van der Waals surface area contributed by atoms with Crippen molar-refractivity contribution in [2.45, 2.75) is 6.92 Å². The van der Waals surface area contributed by atoms with Crippen LogP contribution in [0.2, 0.25) is 5.02 Å². The third-order valence-electron chi connectivity index (χ3n) is 2.78. The van der Waals surface area contributed by atoms with E-state index in [9.17, 15) is 15.2 Å². The fourth-order valence-electron chi connectivity index (χ4n) is 1.61. The lowest BCUT2D eigenvalue weighted by atomic mass is 10.2. The van der Waals surface area contributed by atoms with Crippen LogP contribution in [0.1, 0.15) is 11.1 Å². The number of hydrogen-bond donors (Lipinski definition) is 2. The first-order chi connectivity index (χ1) is 9.97. The summed E-state index contributed by atoms with van der Waals surface area (Å²) in [6, 6.07) is 9.41. The number of halogens is 1. The van der Waals surface area contributed by atoms with Crippen LogP contribution in [0.25, 0.3) is 0 Å². The van der Waals surface area contributed by atoms with Gasteiger partial charge in [0.2, 0.25) is 0 Å². The van der Waals surface area contributed by atoms with Crippen LogP contribution in [-0.2, 0) is 0 Å². The number of phenols is 1. The molecule has 0 aliphatic carbocycles. The zero-order valence-corrected chi connectivity index (χ0v) is 11.8. The average Bonchev–Trinajstić information content (AvgIpc) is 2.44. The van der Waals surface area contributed by atoms with Crippen molar-refractivity contribution in [3.8, 4) is 5.75 Å². The van der Waals surface area contributed by atoms with Crippen molar-refractivity contribution in [1.29, 1.82) is 0 Å². The number of anilines is 1. The zero-order chi connectivity index (χ0) is 15.4. The molecule has 0 radical (unpaired) electrons. The number of aromatic hydroxyl groups is 1. The summed E-state index contributed by atoms with van der Waals surface area (Å²) >= 11 is 5.99. The van der Waals surface area contributed by atoms with Crippen LogP contribution in [0.4, 0.5) is 11.4 Å². The summed E-state index contributed by atoms with van der Waals surface area (Å²) in [5.41, 5.74) is 4.57. The Bertz CT molecular complexity index is 717. The predicted octanol–water partition coefficient (Wildman–Crippen LogP) is 3.71. The molecule has 7 heteroatoms. The molecule has 6 nitrogen and oxygen atoms in total. The van der Waals surface area contributed by atoms with Gasteiger partial charge in [0.1, 0.15) is 0 Å². The van der Waals surface area contributed by atoms with Gasteiger partial charge in [-0.2, -0.15) is 5.10 Å². The summed E-state index contributed by atoms with van der Waals surface area (Å²) in [5, 5.41) is 24.7. The van der Waals surface area contributed by atoms with E-state index in [1.165, 1.54) is 24.4 Å². The Kier molecular flexibility index (Phi) is 4.39. The normalized spacial score (nSPS) is 10.8. The minimum atomic E-state index is -0.653. The molecule has 2 rings (SSSR count). The molecule has 0 aliphatic rings. The lowest BCUT2D eigenvalue weighted by molar-refractivity contribution is -0.385. The molecule has 0 amide bonds. The van der Waals surface area contributed by atoms with E-state index in [2.05, 4.69) is 10.5 Å². The van der Waals surface area contributed by atoms with E-state index >= 15 is 0 Å². The highest BCUT2D eigenvalue weighted by Crippen LogP contribution is 2.25. The van der Waals surface area contributed by atoms with Gasteiger partial charge in [0.25, 0.3) is 0 Å². The first-order valence-electron chi connectivity index (χ1n) is 6.00. The highest BCUT2D eigenvalue weighted by Gasteiger charge is 2.12. The van der Waals surface area contributed by atoms with Crippen molar-refractivity contribution >= 4 is 29.2 Å². The average molecular weight is 306 g/mol. The van der Waals surface area contributed by atoms with Crippen molar-refractivity contribution in [3.05, 3.63) is 62.7 Å². The summed E-state index contributed by atoms with van der Waals surface area (Å²) in [7, 11) is 0. The SMILES string of the molecule is Cc1ccc(N/N=C\c2ccc(O)c([N+](=O)[O-])c2)cc1Cl. The molecule has 0 bridgehead atoms. The molecule has 0 fully saturated rings. The molecule has 0 atom stereocenters. The lowest BCUT2D eigenvalue weighted by Gasteiger charge is -2.03. The van der Waals surface area contributed by atoms with Crippen molar-refractivity contribution in [2.75, 3.05) is 5.43 Å². The van der Waals surface area contributed by atoms with E-state index in [1.807, 2.05) is 19.1 Å². The number of nitrogens with zero attached hydrogens (tertiary/aromatic N) is 2. The number of rotatable bonds is 4. The highest BCUT2D eigenvalue weighted by atomic mass is 35.5. The Balaban J connectivity index is 2.12. The minimum absolute atomic E-state index is 0.364. The van der Waals surface area contributed by atoms with Gasteiger partial charge < -0.3 is 5.11 Å². The molecule has 0 spiro atoms. The predicted molar refractivity (Wildman–Crippen MR) is 82.2 cm³/mol. The van der Waals surface area contributed by atoms with Crippen molar-refractivity contribution < 1.29 is 10.0 Å². The fourth-order valence-corrected chi connectivity index (χ4v) is 1.79. The molecular formula is C14H12ClN3O3. The maximum atomic E-state index is 10.7. The molecule has 2 aromatic carbocycles. The summed E-state index contributed by atoms with van der Waals surface area (Å²) < 4.78 is 0. The minimum Gasteiger partial charge on any atom is -0.502 e. The van der Waals surface area contributed by atoms with Gasteiger partial charge in [0.15, 0.2) is 5.75 Å². The Morgan fingerprint density at radius 3 is 2.76 bits per heavy atom. The van der Waals surface area contributed by atoms with Crippen molar-refractivity contribution in [3.63, 3.8) is 0 Å². The number of nitrogens with one attached hydrogen (secondary N) is 1. The van der Waals surface area contributed by atoms with Crippen LogP contribution in [-0.4, -0.2) is 16.2 Å². The van der Waals surface area contributed by atoms with Gasteiger partial charge in [-0.25, -0.2) is 0 Å². The van der Waals surface area contributed by atoms with Gasteiger partial charge in [0, 0.05) is 16.7 Å². The molecule has 108 valence electrons. The van der Waals surface area contributed by atoms with Crippen LogP contribution < -0.4 is 5.43 Å². The van der Waals surface area contributed by atoms with Crippen molar-refractivity contribution in [1.82, 2.24) is 0 Å². The second-order valence-electron chi connectivity index (χ2n) is 4.34. The topological polar surface area (TPSA) is 87.8 Å². The van der Waals surface area contributed by atoms with Crippen LogP contribution in [0.5, 0.6) is 5.75 Å². The van der Waals surface area contributed by atoms with E-state index in [-0.39, 0.29) is 11.4 Å². The Morgan fingerprint density at radius 1 is 1.33 bits per heavy atom. The van der Waals surface area contributed by atoms with Gasteiger partial charge in [0.05, 0.1) is 16.8 Å². The van der Waals surface area contributed by atoms with Crippen LogP contribution >= 0.6 is 11.6 Å². The highest BCUT2D eigenvalue weighted by molar-refractivity contribution is 6.31. The number of benzene rings is 2. The Labute approximate surface area is 125 Å². The summed E-state index contributed by atoms with van der Waals surface area (Å²) in [6.07, 6.45) is 1.42. The number of aryl methyl sites for hydroxylation is 1. The molecule has 0 unspecified atom stereocenters. The number of hydrogen-bond acceptors (Lipinski definition) is 5. The number of phenolic OH excluding ortho intramolecular Hbond substituents is 1.